The average Bonchev–Trinajstić information content (AvgIpc) is 3.85. The summed E-state index contributed by atoms with van der Waals surface area (Å²) in [7, 11) is 0. The molecule has 3 aromatic rings. The highest BCUT2D eigenvalue weighted by Crippen LogP contribution is 2.48. The molecule has 8 rings (SSSR count). The monoisotopic (exact) mass is 801 g/mol. The van der Waals surface area contributed by atoms with Crippen LogP contribution in [0.4, 0.5) is 0 Å². The first-order chi connectivity index (χ1) is 27.6. The fourth-order valence-corrected chi connectivity index (χ4v) is 10.4. The second-order valence-corrected chi connectivity index (χ2v) is 16.7. The van der Waals surface area contributed by atoms with Crippen molar-refractivity contribution < 1.29 is 43.3 Å². The maximum atomic E-state index is 13.4. The Balaban J connectivity index is 0.762. The van der Waals surface area contributed by atoms with E-state index in [1.54, 1.807) is 29.5 Å². The molecule has 302 valence electrons. The number of hydrogen-bond donors (Lipinski definition) is 3. The number of nitrogens with two attached hydrogens (primary N) is 1. The number of primary amides is 1. The number of aliphatic hydroxyl groups is 1. The Morgan fingerprint density at radius 1 is 0.982 bits per heavy atom. The summed E-state index contributed by atoms with van der Waals surface area (Å²) in [5.41, 5.74) is 7.65. The molecule has 2 aliphatic carbocycles. The highest BCUT2D eigenvalue weighted by atomic mass is 32.1. The van der Waals surface area contributed by atoms with E-state index in [4.69, 9.17) is 15.2 Å². The van der Waals surface area contributed by atoms with Crippen LogP contribution >= 0.6 is 11.3 Å². The minimum atomic E-state index is -1.19. The van der Waals surface area contributed by atoms with Gasteiger partial charge in [0.2, 0.25) is 29.5 Å². The number of imide groups is 2. The predicted molar refractivity (Wildman–Crippen MR) is 205 cm³/mol. The number of piperidine rings is 1. The number of rotatable bonds is 13. The van der Waals surface area contributed by atoms with Gasteiger partial charge in [0.25, 0.3) is 11.8 Å². The number of carbonyl (C=O) groups excluding carboxylic acids is 6. The maximum Gasteiger partial charge on any atom is 0.262 e. The molecular weight excluding hydrogens is 755 g/mol. The molecule has 57 heavy (non-hydrogen) atoms. The van der Waals surface area contributed by atoms with E-state index in [0.29, 0.717) is 50.0 Å². The first kappa shape index (κ1) is 39.0. The van der Waals surface area contributed by atoms with E-state index >= 15 is 0 Å². The van der Waals surface area contributed by atoms with Gasteiger partial charge in [0.15, 0.2) is 0 Å². The van der Waals surface area contributed by atoms with Crippen LogP contribution in [0.25, 0.3) is 10.2 Å². The van der Waals surface area contributed by atoms with Crippen LogP contribution in [0.15, 0.2) is 24.5 Å². The normalized spacial score (nSPS) is 24.4. The molecule has 2 saturated heterocycles. The number of nitrogens with one attached hydrogen (secondary N) is 1. The third-order valence-electron chi connectivity index (χ3n) is 12.2. The van der Waals surface area contributed by atoms with Gasteiger partial charge in [-0.2, -0.15) is 0 Å². The van der Waals surface area contributed by atoms with E-state index in [1.165, 1.54) is 11.2 Å². The van der Waals surface area contributed by atoms with Crippen molar-refractivity contribution in [3.05, 3.63) is 51.7 Å². The van der Waals surface area contributed by atoms with Crippen molar-refractivity contribution in [2.45, 2.75) is 101 Å². The smallest absolute Gasteiger partial charge is 0.262 e. The molecule has 3 aliphatic heterocycles. The zero-order valence-electron chi connectivity index (χ0n) is 31.7. The molecule has 5 heterocycles. The Morgan fingerprint density at radius 3 is 2.53 bits per heavy atom. The van der Waals surface area contributed by atoms with E-state index in [-0.39, 0.29) is 54.9 Å². The highest BCUT2D eigenvalue weighted by molar-refractivity contribution is 7.19. The first-order valence-corrected chi connectivity index (χ1v) is 20.7. The number of ether oxygens (including phenoxy) is 2. The van der Waals surface area contributed by atoms with E-state index in [2.05, 4.69) is 20.2 Å². The molecule has 5 aliphatic rings. The van der Waals surface area contributed by atoms with Crippen molar-refractivity contribution >= 4 is 57.0 Å². The number of fused-ring (bicyclic) bond motifs is 4. The molecule has 1 unspecified atom stereocenters. The maximum absolute atomic E-state index is 13.4. The van der Waals surface area contributed by atoms with Crippen LogP contribution in [0.2, 0.25) is 0 Å². The van der Waals surface area contributed by atoms with Crippen LogP contribution < -0.4 is 15.8 Å². The summed E-state index contributed by atoms with van der Waals surface area (Å²) in [6, 6.07) is 4.47. The number of aliphatic hydroxyl groups excluding tert-OH is 1. The van der Waals surface area contributed by atoms with Crippen LogP contribution in [0.1, 0.15) is 100 Å². The van der Waals surface area contributed by atoms with E-state index < -0.39 is 41.7 Å². The lowest BCUT2D eigenvalue weighted by Crippen LogP contribution is -2.54. The van der Waals surface area contributed by atoms with Crippen molar-refractivity contribution in [2.24, 2.45) is 5.73 Å². The molecule has 2 aromatic heterocycles. The summed E-state index contributed by atoms with van der Waals surface area (Å²) in [5.74, 6) is -2.32. The topological polar surface area (TPSA) is 215 Å². The van der Waals surface area contributed by atoms with Gasteiger partial charge in [-0.05, 0) is 87.3 Å². The number of benzene rings is 1. The molecule has 3 atom stereocenters. The van der Waals surface area contributed by atoms with Gasteiger partial charge in [0, 0.05) is 50.1 Å². The molecule has 6 amide bonds. The number of aromatic nitrogens is 2. The fourth-order valence-electron chi connectivity index (χ4n) is 9.18. The third-order valence-corrected chi connectivity index (χ3v) is 13.3. The number of aryl methyl sites for hydroxylation is 2. The Morgan fingerprint density at radius 2 is 1.77 bits per heavy atom. The van der Waals surface area contributed by atoms with Gasteiger partial charge in [-0.3, -0.25) is 43.9 Å². The Hall–Kier alpha value is -4.84. The molecular formula is C40H47N7O9S. The quantitative estimate of drug-likeness (QED) is 0.167. The molecule has 0 spiro atoms. The zero-order valence-corrected chi connectivity index (χ0v) is 32.5. The lowest BCUT2D eigenvalue weighted by Gasteiger charge is -2.41. The van der Waals surface area contributed by atoms with Crippen LogP contribution in [0.5, 0.6) is 5.88 Å². The standard InChI is InChI=1S/C40H47N7O9S/c41-35(51)28(48)19-23-6-12-29-33(23)34-37(42-21-43-38(34)57-29)56-25-9-7-24(8-10-25)45-14-16-46(17-15-45)31(50)20-55-18-2-4-22-3-1-5-26-32(22)40(54)47(39(26)53)27-11-13-30(49)44-36(27)52/h1,3,5,21,23-25,27-28,48H,2,4,6-20H2,(H2,41,51)(H,44,49,52)/t23-,24?,25?,27?,28+/m1/s1. The second kappa shape index (κ2) is 16.6. The molecule has 17 heteroatoms. The van der Waals surface area contributed by atoms with Gasteiger partial charge < -0.3 is 25.2 Å². The van der Waals surface area contributed by atoms with E-state index in [0.717, 1.165) is 72.3 Å². The number of thiophene rings is 1. The predicted octanol–water partition coefficient (Wildman–Crippen LogP) is 1.84. The first-order valence-electron chi connectivity index (χ1n) is 19.9. The Labute approximate surface area is 333 Å². The van der Waals surface area contributed by atoms with E-state index in [9.17, 15) is 33.9 Å². The van der Waals surface area contributed by atoms with Crippen LogP contribution in [-0.2, 0) is 36.8 Å². The second-order valence-electron chi connectivity index (χ2n) is 15.6. The number of nitrogens with zero attached hydrogens (tertiary/aromatic N) is 5. The molecule has 16 nitrogen and oxygen atoms in total. The van der Waals surface area contributed by atoms with Crippen molar-refractivity contribution in [2.75, 3.05) is 39.4 Å². The number of amides is 6. The van der Waals surface area contributed by atoms with E-state index in [1.807, 2.05) is 4.90 Å². The largest absolute Gasteiger partial charge is 0.474 e. The van der Waals surface area contributed by atoms with Crippen LogP contribution in [-0.4, -0.2) is 129 Å². The van der Waals surface area contributed by atoms with Crippen molar-refractivity contribution in [1.29, 1.82) is 0 Å². The van der Waals surface area contributed by atoms with Crippen molar-refractivity contribution in [3.63, 3.8) is 0 Å². The van der Waals surface area contributed by atoms with Gasteiger partial charge >= 0.3 is 0 Å². The fraction of sp³-hybridized carbons (Fsp3) is 0.550. The molecule has 0 radical (unpaired) electrons. The third kappa shape index (κ3) is 7.89. The average molecular weight is 802 g/mol. The minimum Gasteiger partial charge on any atom is -0.474 e. The van der Waals surface area contributed by atoms with Gasteiger partial charge in [-0.1, -0.05) is 12.1 Å². The summed E-state index contributed by atoms with van der Waals surface area (Å²) in [6.07, 6.45) is 7.22. The van der Waals surface area contributed by atoms with Crippen LogP contribution in [0, 0.1) is 0 Å². The zero-order chi connectivity index (χ0) is 39.8. The number of hydrogen-bond acceptors (Lipinski definition) is 13. The lowest BCUT2D eigenvalue weighted by molar-refractivity contribution is -0.138. The summed E-state index contributed by atoms with van der Waals surface area (Å²) in [6.45, 7) is 3.09. The van der Waals surface area contributed by atoms with Crippen molar-refractivity contribution in [1.82, 2.24) is 30.0 Å². The van der Waals surface area contributed by atoms with Gasteiger partial charge in [0.05, 0.1) is 16.5 Å². The van der Waals surface area contributed by atoms with Gasteiger partial charge in [-0.25, -0.2) is 9.97 Å². The summed E-state index contributed by atoms with van der Waals surface area (Å²) in [4.78, 5) is 91.5. The molecule has 3 fully saturated rings. The Kier molecular flexibility index (Phi) is 11.3. The molecule has 0 bridgehead atoms. The van der Waals surface area contributed by atoms with Gasteiger partial charge in [-0.15, -0.1) is 11.3 Å². The lowest BCUT2D eigenvalue weighted by atomic mass is 9.91. The molecule has 1 saturated carbocycles. The van der Waals surface area contributed by atoms with Gasteiger partial charge in [0.1, 0.15) is 36.0 Å². The van der Waals surface area contributed by atoms with Crippen LogP contribution in [0.3, 0.4) is 0 Å². The molecule has 1 aromatic carbocycles. The Bertz CT molecular complexity index is 2090. The summed E-state index contributed by atoms with van der Waals surface area (Å²) < 4.78 is 12.3. The minimum absolute atomic E-state index is 0.00307. The summed E-state index contributed by atoms with van der Waals surface area (Å²) in [5, 5.41) is 13.3. The summed E-state index contributed by atoms with van der Waals surface area (Å²) >= 11 is 1.63. The molecule has 4 N–H and O–H groups in total. The number of carbonyl (C=O) groups is 6. The number of piperazine rings is 1. The SMILES string of the molecule is NC(=O)[C@@H](O)C[C@H]1CCc2sc3ncnc(OC4CCC(N5CCN(C(=O)COCCCc6cccc7c6C(=O)N(C6CCC(=O)NC6=O)C7=O)CC5)CC4)c3c21. The van der Waals surface area contributed by atoms with Crippen molar-refractivity contribution in [3.8, 4) is 5.88 Å². The highest BCUT2D eigenvalue weighted by Gasteiger charge is 2.45.